The zero-order chi connectivity index (χ0) is 10.5. The van der Waals surface area contributed by atoms with Crippen molar-refractivity contribution in [2.24, 2.45) is 0 Å². The van der Waals surface area contributed by atoms with Crippen LogP contribution >= 0.6 is 11.6 Å². The van der Waals surface area contributed by atoms with Crippen LogP contribution in [-0.2, 0) is 0 Å². The van der Waals surface area contributed by atoms with Crippen LogP contribution in [0.25, 0.3) is 5.57 Å². The van der Waals surface area contributed by atoms with Gasteiger partial charge in [-0.1, -0.05) is 41.9 Å². The van der Waals surface area contributed by atoms with Crippen LogP contribution in [-0.4, -0.2) is 0 Å². The molecule has 0 aromatic heterocycles. The molecule has 0 aliphatic heterocycles. The summed E-state index contributed by atoms with van der Waals surface area (Å²) in [6, 6.07) is 20.0. The molecule has 0 spiro atoms. The largest absolute Gasteiger partial charge is 1.00 e. The smallest absolute Gasteiger partial charge is 0.179 e. The molecule has 0 radical (unpaired) electrons. The molecule has 16 heavy (non-hydrogen) atoms. The second kappa shape index (κ2) is 6.61. The molecule has 0 atom stereocenters. The van der Waals surface area contributed by atoms with Crippen molar-refractivity contribution in [3.63, 3.8) is 0 Å². The summed E-state index contributed by atoms with van der Waals surface area (Å²) in [4.78, 5) is 0. The number of benzene rings is 2. The van der Waals surface area contributed by atoms with Gasteiger partial charge in [0.15, 0.2) is 0 Å². The zero-order valence-corrected chi connectivity index (χ0v) is 9.91. The van der Waals surface area contributed by atoms with Gasteiger partial charge in [-0.2, -0.15) is 17.2 Å². The predicted molar refractivity (Wildman–Crippen MR) is 64.5 cm³/mol. The molecule has 0 amide bonds. The Hall–Kier alpha value is -0.933. The molecule has 2 rings (SSSR count). The maximum absolute atomic E-state index is 5.75. The molecule has 0 nitrogen and oxygen atoms in total. The van der Waals surface area contributed by atoms with Crippen LogP contribution in [0.4, 0.5) is 0 Å². The van der Waals surface area contributed by atoms with Gasteiger partial charge in [-0.25, -0.2) is 0 Å². The van der Waals surface area contributed by atoms with Crippen molar-refractivity contribution in [2.45, 2.75) is 0 Å². The molecule has 0 bridgehead atoms. The Morgan fingerprint density at radius 2 is 1.12 bits per heavy atom. The van der Waals surface area contributed by atoms with Crippen molar-refractivity contribution >= 4 is 17.2 Å². The van der Waals surface area contributed by atoms with E-state index in [1.54, 1.807) is 0 Å². The predicted octanol–water partition coefficient (Wildman–Crippen LogP) is 1.12. The molecular formula is C14H10ClLi. The summed E-state index contributed by atoms with van der Waals surface area (Å²) in [6.45, 7) is 0. The Morgan fingerprint density at radius 3 is 1.44 bits per heavy atom. The van der Waals surface area contributed by atoms with Gasteiger partial charge in [0.1, 0.15) is 0 Å². The molecule has 0 saturated heterocycles. The second-order valence-electron chi connectivity index (χ2n) is 3.20. The Labute approximate surface area is 113 Å². The Morgan fingerprint density at radius 1 is 0.750 bits per heavy atom. The van der Waals surface area contributed by atoms with Gasteiger partial charge in [-0.05, 0) is 0 Å². The van der Waals surface area contributed by atoms with Crippen LogP contribution in [0.2, 0.25) is 0 Å². The van der Waals surface area contributed by atoms with E-state index in [9.17, 15) is 0 Å². The molecule has 2 aromatic carbocycles. The third-order valence-corrected chi connectivity index (χ3v) is 2.41. The van der Waals surface area contributed by atoms with Crippen LogP contribution in [0.1, 0.15) is 11.1 Å². The third kappa shape index (κ3) is 3.03. The summed E-state index contributed by atoms with van der Waals surface area (Å²) in [7, 11) is 0. The first-order chi connectivity index (χ1) is 7.42. The van der Waals surface area contributed by atoms with Crippen LogP contribution < -0.4 is 18.9 Å². The summed E-state index contributed by atoms with van der Waals surface area (Å²) >= 11 is 5.75. The van der Waals surface area contributed by atoms with Gasteiger partial charge in [-0.15, -0.1) is 35.4 Å². The van der Waals surface area contributed by atoms with E-state index >= 15 is 0 Å². The molecule has 0 heterocycles. The van der Waals surface area contributed by atoms with E-state index in [2.05, 4.69) is 5.54 Å². The Balaban J connectivity index is 0.00000128. The average Bonchev–Trinajstić information content (AvgIpc) is 2.33. The number of rotatable bonds is 2. The van der Waals surface area contributed by atoms with Crippen molar-refractivity contribution in [3.8, 4) is 0 Å². The molecule has 2 aromatic rings. The summed E-state index contributed by atoms with van der Waals surface area (Å²) < 4.78 is 0. The minimum absolute atomic E-state index is 0. The minimum atomic E-state index is 0. The first-order valence-electron chi connectivity index (χ1n) is 4.76. The summed E-state index contributed by atoms with van der Waals surface area (Å²) in [5.74, 6) is 0. The Bertz CT molecular complexity index is 407. The van der Waals surface area contributed by atoms with Crippen molar-refractivity contribution in [1.82, 2.24) is 0 Å². The van der Waals surface area contributed by atoms with Gasteiger partial charge in [0.05, 0.1) is 0 Å². The van der Waals surface area contributed by atoms with Crippen LogP contribution in [0.5, 0.6) is 0 Å². The van der Waals surface area contributed by atoms with Crippen LogP contribution in [0.15, 0.2) is 60.7 Å². The van der Waals surface area contributed by atoms with Crippen molar-refractivity contribution < 1.29 is 18.9 Å². The monoisotopic (exact) mass is 220 g/mol. The van der Waals surface area contributed by atoms with E-state index in [0.29, 0.717) is 0 Å². The van der Waals surface area contributed by atoms with E-state index in [1.807, 2.05) is 60.7 Å². The number of hydrogen-bond donors (Lipinski definition) is 0. The molecule has 0 saturated carbocycles. The molecule has 2 heteroatoms. The fraction of sp³-hybridized carbons (Fsp3) is 0. The molecule has 0 aliphatic carbocycles. The van der Waals surface area contributed by atoms with Gasteiger partial charge >= 0.3 is 18.9 Å². The summed E-state index contributed by atoms with van der Waals surface area (Å²) in [6.07, 6.45) is 0. The van der Waals surface area contributed by atoms with E-state index in [0.717, 1.165) is 16.7 Å². The van der Waals surface area contributed by atoms with Crippen LogP contribution in [0, 0.1) is 5.54 Å². The summed E-state index contributed by atoms with van der Waals surface area (Å²) in [5.41, 5.74) is 5.82. The summed E-state index contributed by atoms with van der Waals surface area (Å²) in [5, 5.41) is 0. The SMILES string of the molecule is Cl[C-]=C(c1ccccc1)c1ccccc1.[Li+]. The quantitative estimate of drug-likeness (QED) is 0.526. The molecular weight excluding hydrogens is 211 g/mol. The van der Waals surface area contributed by atoms with Crippen molar-refractivity contribution in [3.05, 3.63) is 77.3 Å². The van der Waals surface area contributed by atoms with Crippen molar-refractivity contribution in [1.29, 1.82) is 0 Å². The first kappa shape index (κ1) is 13.1. The average molecular weight is 221 g/mol. The van der Waals surface area contributed by atoms with Gasteiger partial charge < -0.3 is 0 Å². The van der Waals surface area contributed by atoms with Crippen LogP contribution in [0.3, 0.4) is 0 Å². The number of halogens is 1. The van der Waals surface area contributed by atoms with E-state index in [1.165, 1.54) is 0 Å². The van der Waals surface area contributed by atoms with E-state index in [4.69, 9.17) is 11.6 Å². The van der Waals surface area contributed by atoms with Gasteiger partial charge in [-0.3, -0.25) is 0 Å². The Kier molecular flexibility index (Phi) is 5.42. The standard InChI is InChI=1S/C14H10Cl.Li/c15-11-14(12-7-3-1-4-8-12)13-9-5-2-6-10-13;/h1-10H;/q-1;+1. The maximum Gasteiger partial charge on any atom is 1.00 e. The maximum atomic E-state index is 5.75. The zero-order valence-electron chi connectivity index (χ0n) is 9.15. The number of hydrogen-bond acceptors (Lipinski definition) is 0. The molecule has 0 unspecified atom stereocenters. The minimum Gasteiger partial charge on any atom is -0.179 e. The molecule has 74 valence electrons. The first-order valence-corrected chi connectivity index (χ1v) is 5.14. The fourth-order valence-corrected chi connectivity index (χ4v) is 1.70. The van der Waals surface area contributed by atoms with Gasteiger partial charge in [0.2, 0.25) is 0 Å². The topological polar surface area (TPSA) is 0 Å². The van der Waals surface area contributed by atoms with Gasteiger partial charge in [0.25, 0.3) is 0 Å². The fourth-order valence-electron chi connectivity index (χ4n) is 1.49. The molecule has 0 N–H and O–H groups in total. The van der Waals surface area contributed by atoms with E-state index < -0.39 is 0 Å². The second-order valence-corrected chi connectivity index (χ2v) is 3.39. The van der Waals surface area contributed by atoms with E-state index in [-0.39, 0.29) is 18.9 Å². The molecule has 0 aliphatic rings. The normalized spacial score (nSPS) is 9.06. The third-order valence-electron chi connectivity index (χ3n) is 2.22. The molecule has 0 fully saturated rings. The van der Waals surface area contributed by atoms with Crippen molar-refractivity contribution in [2.75, 3.05) is 0 Å². The van der Waals surface area contributed by atoms with Gasteiger partial charge in [0, 0.05) is 0 Å².